The Kier molecular flexibility index (Phi) is 6.42. The second kappa shape index (κ2) is 9.41. The predicted octanol–water partition coefficient (Wildman–Crippen LogP) is 3.52. The molecule has 8 nitrogen and oxygen atoms in total. The van der Waals surface area contributed by atoms with Crippen LogP contribution in [0, 0.1) is 0 Å². The van der Waals surface area contributed by atoms with Gasteiger partial charge >= 0.3 is 0 Å². The average Bonchev–Trinajstić information content (AvgIpc) is 3.26. The van der Waals surface area contributed by atoms with Gasteiger partial charge < -0.3 is 9.47 Å². The first-order valence-corrected chi connectivity index (χ1v) is 11.7. The van der Waals surface area contributed by atoms with E-state index in [1.807, 2.05) is 0 Å². The summed E-state index contributed by atoms with van der Waals surface area (Å²) in [5.41, 5.74) is 3.41. The van der Waals surface area contributed by atoms with E-state index < -0.39 is 22.5 Å². The SMILES string of the molecule is O=C(CN(c1cccc(Br)c1)S(=O)(=O)c1ccccc1)N/N=C/c1ccc2c(c1)OCO2. The van der Waals surface area contributed by atoms with Gasteiger partial charge in [-0.15, -0.1) is 0 Å². The number of hydrogen-bond donors (Lipinski definition) is 1. The lowest BCUT2D eigenvalue weighted by Crippen LogP contribution is -2.39. The van der Waals surface area contributed by atoms with E-state index in [2.05, 4.69) is 26.5 Å². The molecular weight excluding hydrogens is 498 g/mol. The maximum absolute atomic E-state index is 13.2. The number of anilines is 1. The van der Waals surface area contributed by atoms with Crippen molar-refractivity contribution in [3.05, 3.63) is 82.8 Å². The number of hydrogen-bond acceptors (Lipinski definition) is 6. The highest BCUT2D eigenvalue weighted by atomic mass is 79.9. The van der Waals surface area contributed by atoms with Crippen molar-refractivity contribution < 1.29 is 22.7 Å². The fourth-order valence-corrected chi connectivity index (χ4v) is 4.83. The van der Waals surface area contributed by atoms with Crippen molar-refractivity contribution in [1.82, 2.24) is 5.43 Å². The van der Waals surface area contributed by atoms with E-state index in [9.17, 15) is 13.2 Å². The molecule has 0 fully saturated rings. The van der Waals surface area contributed by atoms with Crippen molar-refractivity contribution in [2.24, 2.45) is 5.10 Å². The Hall–Kier alpha value is -3.37. The second-order valence-electron chi connectivity index (χ2n) is 6.71. The minimum absolute atomic E-state index is 0.0802. The molecule has 164 valence electrons. The Balaban J connectivity index is 1.52. The van der Waals surface area contributed by atoms with Gasteiger partial charge in [-0.05, 0) is 54.1 Å². The highest BCUT2D eigenvalue weighted by molar-refractivity contribution is 9.10. The van der Waals surface area contributed by atoms with E-state index in [-0.39, 0.29) is 11.7 Å². The van der Waals surface area contributed by atoms with E-state index in [4.69, 9.17) is 9.47 Å². The van der Waals surface area contributed by atoms with Crippen molar-refractivity contribution in [1.29, 1.82) is 0 Å². The van der Waals surface area contributed by atoms with Gasteiger partial charge in [0.25, 0.3) is 15.9 Å². The molecule has 0 radical (unpaired) electrons. The van der Waals surface area contributed by atoms with Crippen LogP contribution in [0.3, 0.4) is 0 Å². The summed E-state index contributed by atoms with van der Waals surface area (Å²) in [6, 6.07) is 19.9. The number of rotatable bonds is 7. The van der Waals surface area contributed by atoms with Crippen LogP contribution in [0.25, 0.3) is 0 Å². The van der Waals surface area contributed by atoms with Gasteiger partial charge in [0.05, 0.1) is 16.8 Å². The number of carbonyl (C=O) groups is 1. The molecule has 1 amide bonds. The number of amides is 1. The first kappa shape index (κ1) is 21.8. The molecule has 0 aliphatic carbocycles. The zero-order valence-electron chi connectivity index (χ0n) is 16.6. The summed E-state index contributed by atoms with van der Waals surface area (Å²) in [6.45, 7) is -0.292. The fraction of sp³-hybridized carbons (Fsp3) is 0.0909. The van der Waals surface area contributed by atoms with E-state index >= 15 is 0 Å². The first-order valence-electron chi connectivity index (χ1n) is 9.48. The molecular formula is C22H18BrN3O5S. The Morgan fingerprint density at radius 3 is 2.59 bits per heavy atom. The Bertz CT molecular complexity index is 1270. The molecule has 32 heavy (non-hydrogen) atoms. The summed E-state index contributed by atoms with van der Waals surface area (Å²) in [5, 5.41) is 3.93. The van der Waals surface area contributed by atoms with E-state index in [1.165, 1.54) is 18.3 Å². The highest BCUT2D eigenvalue weighted by Gasteiger charge is 2.27. The zero-order valence-corrected chi connectivity index (χ0v) is 19.0. The molecule has 1 heterocycles. The van der Waals surface area contributed by atoms with Crippen molar-refractivity contribution >= 4 is 43.8 Å². The maximum atomic E-state index is 13.2. The quantitative estimate of drug-likeness (QED) is 0.383. The van der Waals surface area contributed by atoms with E-state index in [1.54, 1.807) is 60.7 Å². The molecule has 0 atom stereocenters. The van der Waals surface area contributed by atoms with Gasteiger partial charge in [0.2, 0.25) is 6.79 Å². The van der Waals surface area contributed by atoms with Crippen LogP contribution in [0.4, 0.5) is 5.69 Å². The lowest BCUT2D eigenvalue weighted by Gasteiger charge is -2.23. The molecule has 0 saturated heterocycles. The third-order valence-corrected chi connectivity index (χ3v) is 6.80. The van der Waals surface area contributed by atoms with Gasteiger partial charge in [0.15, 0.2) is 11.5 Å². The number of nitrogens with zero attached hydrogens (tertiary/aromatic N) is 2. The summed E-state index contributed by atoms with van der Waals surface area (Å²) in [6.07, 6.45) is 1.44. The largest absolute Gasteiger partial charge is 0.454 e. The summed E-state index contributed by atoms with van der Waals surface area (Å²) in [7, 11) is -3.98. The molecule has 1 aliphatic rings. The summed E-state index contributed by atoms with van der Waals surface area (Å²) >= 11 is 3.34. The van der Waals surface area contributed by atoms with Gasteiger partial charge in [-0.1, -0.05) is 40.2 Å². The number of fused-ring (bicyclic) bond motifs is 1. The Morgan fingerprint density at radius 1 is 1.03 bits per heavy atom. The minimum Gasteiger partial charge on any atom is -0.454 e. The van der Waals surface area contributed by atoms with Gasteiger partial charge in [-0.25, -0.2) is 13.8 Å². The van der Waals surface area contributed by atoms with Gasteiger partial charge in [-0.3, -0.25) is 9.10 Å². The van der Waals surface area contributed by atoms with Crippen molar-refractivity contribution in [3.8, 4) is 11.5 Å². The number of hydrazone groups is 1. The molecule has 0 saturated carbocycles. The van der Waals surface area contributed by atoms with Crippen LogP contribution in [0.2, 0.25) is 0 Å². The number of benzene rings is 3. The number of nitrogens with one attached hydrogen (secondary N) is 1. The molecule has 1 N–H and O–H groups in total. The van der Waals surface area contributed by atoms with Gasteiger partial charge in [-0.2, -0.15) is 5.10 Å². The lowest BCUT2D eigenvalue weighted by atomic mass is 10.2. The monoisotopic (exact) mass is 515 g/mol. The van der Waals surface area contributed by atoms with E-state index in [0.29, 0.717) is 27.2 Å². The standard InChI is InChI=1S/C22H18BrN3O5S/c23-17-5-4-6-18(12-17)26(32(28,29)19-7-2-1-3-8-19)14-22(27)25-24-13-16-9-10-20-21(11-16)31-15-30-20/h1-13H,14-15H2,(H,25,27)/b24-13+. The fourth-order valence-electron chi connectivity index (χ4n) is 3.00. The minimum atomic E-state index is -3.98. The van der Waals surface area contributed by atoms with Crippen molar-refractivity contribution in [3.63, 3.8) is 0 Å². The van der Waals surface area contributed by atoms with Crippen LogP contribution >= 0.6 is 15.9 Å². The molecule has 0 unspecified atom stereocenters. The van der Waals surface area contributed by atoms with Crippen molar-refractivity contribution in [2.75, 3.05) is 17.6 Å². The molecule has 3 aromatic carbocycles. The van der Waals surface area contributed by atoms with Gasteiger partial charge in [0, 0.05) is 4.47 Å². The van der Waals surface area contributed by atoms with Gasteiger partial charge in [0.1, 0.15) is 6.54 Å². The maximum Gasteiger partial charge on any atom is 0.264 e. The lowest BCUT2D eigenvalue weighted by molar-refractivity contribution is -0.119. The molecule has 0 aromatic heterocycles. The molecule has 0 spiro atoms. The predicted molar refractivity (Wildman–Crippen MR) is 123 cm³/mol. The third-order valence-electron chi connectivity index (χ3n) is 4.51. The summed E-state index contributed by atoms with van der Waals surface area (Å²) < 4.78 is 38.8. The summed E-state index contributed by atoms with van der Waals surface area (Å²) in [4.78, 5) is 12.7. The zero-order chi connectivity index (χ0) is 22.6. The highest BCUT2D eigenvalue weighted by Crippen LogP contribution is 2.32. The normalized spacial score (nSPS) is 12.7. The van der Waals surface area contributed by atoms with Crippen LogP contribution < -0.4 is 19.2 Å². The molecule has 4 rings (SSSR count). The van der Waals surface area contributed by atoms with E-state index in [0.717, 1.165) is 4.31 Å². The first-order chi connectivity index (χ1) is 15.4. The van der Waals surface area contributed by atoms with Crippen LogP contribution in [0.5, 0.6) is 11.5 Å². The smallest absolute Gasteiger partial charge is 0.264 e. The summed E-state index contributed by atoms with van der Waals surface area (Å²) in [5.74, 6) is 0.638. The third kappa shape index (κ3) is 4.92. The van der Waals surface area contributed by atoms with Crippen LogP contribution in [-0.4, -0.2) is 33.9 Å². The Labute approximate surface area is 193 Å². The van der Waals surface area contributed by atoms with Crippen molar-refractivity contribution in [2.45, 2.75) is 4.90 Å². The van der Waals surface area contributed by atoms with Crippen LogP contribution in [-0.2, 0) is 14.8 Å². The van der Waals surface area contributed by atoms with Crippen LogP contribution in [0.1, 0.15) is 5.56 Å². The van der Waals surface area contributed by atoms with Crippen LogP contribution in [0.15, 0.2) is 87.3 Å². The number of carbonyl (C=O) groups excluding carboxylic acids is 1. The molecule has 1 aliphatic heterocycles. The second-order valence-corrected chi connectivity index (χ2v) is 9.49. The number of ether oxygens (including phenoxy) is 2. The Morgan fingerprint density at radius 2 is 1.81 bits per heavy atom. The average molecular weight is 516 g/mol. The number of halogens is 1. The molecule has 0 bridgehead atoms. The molecule has 3 aromatic rings. The number of sulfonamides is 1. The topological polar surface area (TPSA) is 97.3 Å². The molecule has 10 heteroatoms.